The van der Waals surface area contributed by atoms with Crippen molar-refractivity contribution in [3.8, 4) is 5.95 Å². The predicted octanol–water partition coefficient (Wildman–Crippen LogP) is -0.550. The molecule has 0 aromatic carbocycles. The van der Waals surface area contributed by atoms with Crippen LogP contribution in [0.3, 0.4) is 0 Å². The lowest BCUT2D eigenvalue weighted by Gasteiger charge is -1.95. The first-order valence-corrected chi connectivity index (χ1v) is 4.04. The summed E-state index contributed by atoms with van der Waals surface area (Å²) in [6, 6.07) is 2.64. The zero-order chi connectivity index (χ0) is 11.0. The van der Waals surface area contributed by atoms with E-state index in [2.05, 4.69) is 15.4 Å². The lowest BCUT2D eigenvalue weighted by Crippen LogP contribution is -2.25. The number of rotatable bonds is 0. The van der Waals surface area contributed by atoms with Gasteiger partial charge in [0, 0.05) is 6.08 Å². The van der Waals surface area contributed by atoms with Gasteiger partial charge in [0.15, 0.2) is 5.78 Å². The summed E-state index contributed by atoms with van der Waals surface area (Å²) >= 11 is 0. The van der Waals surface area contributed by atoms with Crippen molar-refractivity contribution in [1.82, 2.24) is 0 Å². The van der Waals surface area contributed by atoms with E-state index in [1.54, 1.807) is 0 Å². The summed E-state index contributed by atoms with van der Waals surface area (Å²) in [5.41, 5.74) is -1.17. The highest BCUT2D eigenvalue weighted by molar-refractivity contribution is 6.18. The van der Waals surface area contributed by atoms with Crippen LogP contribution in [0.2, 0.25) is 0 Å². The summed E-state index contributed by atoms with van der Waals surface area (Å²) in [5, 5.41) is 9.44. The van der Waals surface area contributed by atoms with Crippen molar-refractivity contribution >= 4 is 18.4 Å². The van der Waals surface area contributed by atoms with E-state index in [4.69, 9.17) is 0 Å². The van der Waals surface area contributed by atoms with Gasteiger partial charge in [0.2, 0.25) is 0 Å². The zero-order valence-electron chi connectivity index (χ0n) is 7.52. The molecule has 0 amide bonds. The van der Waals surface area contributed by atoms with E-state index in [0.29, 0.717) is 0 Å². The van der Waals surface area contributed by atoms with Gasteiger partial charge in [0.1, 0.15) is 5.56 Å². The SMILES string of the molecule is C=c1oc(O)c2ccc(c(=O)o1)=CC2=O. The number of carbonyl (C=O) groups excluding carboxylic acids is 1. The maximum atomic E-state index is 11.4. The molecule has 0 fully saturated rings. The average molecular weight is 206 g/mol. The molecule has 0 spiro atoms. The average Bonchev–Trinajstić information content (AvgIpc) is 2.21. The van der Waals surface area contributed by atoms with Crippen LogP contribution in [-0.2, 0) is 0 Å². The standard InChI is InChI=1S/C10H6O5/c1-5-14-9(12)6-2-3-7(8(11)4-6)10(13)15-5/h2-4,13H,1H2. The van der Waals surface area contributed by atoms with E-state index in [0.717, 1.165) is 6.08 Å². The fraction of sp³-hybridized carbons (Fsp3) is 0. The van der Waals surface area contributed by atoms with Crippen LogP contribution in [-0.4, -0.2) is 10.9 Å². The third-order valence-corrected chi connectivity index (χ3v) is 1.86. The van der Waals surface area contributed by atoms with E-state index in [-0.39, 0.29) is 16.4 Å². The molecule has 1 aliphatic heterocycles. The first-order valence-electron chi connectivity index (χ1n) is 4.04. The summed E-state index contributed by atoms with van der Waals surface area (Å²) in [6.07, 6.45) is 1.07. The number of fused-ring (bicyclic) bond motifs is 6. The first-order chi connectivity index (χ1) is 7.08. The molecule has 2 aliphatic rings. The monoisotopic (exact) mass is 206 g/mol. The van der Waals surface area contributed by atoms with Crippen LogP contribution in [0, 0.1) is 0 Å². The Bertz CT molecular complexity index is 645. The Morgan fingerprint density at radius 2 is 1.93 bits per heavy atom. The van der Waals surface area contributed by atoms with Gasteiger partial charge in [-0.05, 0) is 18.7 Å². The Morgan fingerprint density at radius 3 is 2.60 bits per heavy atom. The second-order valence-electron chi connectivity index (χ2n) is 2.88. The fourth-order valence-electron chi connectivity index (χ4n) is 1.17. The molecular formula is C10H6O5. The zero-order valence-corrected chi connectivity index (χ0v) is 7.52. The quantitative estimate of drug-likeness (QED) is 0.616. The highest BCUT2D eigenvalue weighted by atomic mass is 16.5. The van der Waals surface area contributed by atoms with E-state index in [9.17, 15) is 14.7 Å². The largest absolute Gasteiger partial charge is 0.480 e. The molecule has 76 valence electrons. The first kappa shape index (κ1) is 9.26. The van der Waals surface area contributed by atoms with Gasteiger partial charge >= 0.3 is 5.63 Å². The predicted molar refractivity (Wildman–Crippen MR) is 50.1 cm³/mol. The summed E-state index contributed by atoms with van der Waals surface area (Å²) < 4.78 is 9.23. The number of ketones is 1. The molecule has 2 bridgehead atoms. The van der Waals surface area contributed by atoms with Crippen molar-refractivity contribution in [1.29, 1.82) is 0 Å². The van der Waals surface area contributed by atoms with E-state index in [1.807, 2.05) is 0 Å². The Kier molecular flexibility index (Phi) is 1.93. The molecule has 1 aliphatic carbocycles. The third kappa shape index (κ3) is 1.54. The maximum absolute atomic E-state index is 11.4. The van der Waals surface area contributed by atoms with E-state index >= 15 is 0 Å². The van der Waals surface area contributed by atoms with Crippen molar-refractivity contribution in [2.75, 3.05) is 0 Å². The molecule has 3 rings (SSSR count). The number of aromatic hydroxyl groups is 1. The smallest absolute Gasteiger partial charge is 0.346 e. The molecular weight excluding hydrogens is 200 g/mol. The molecule has 0 atom stereocenters. The minimum absolute atomic E-state index is 0.0433. The summed E-state index contributed by atoms with van der Waals surface area (Å²) in [4.78, 5) is 22.7. The van der Waals surface area contributed by atoms with Gasteiger partial charge in [-0.1, -0.05) is 0 Å². The minimum Gasteiger partial charge on any atom is -0.480 e. The molecule has 15 heavy (non-hydrogen) atoms. The number of Topliss-reactive ketones (excluding diaryl/α,β-unsaturated/α-hetero) is 1. The molecule has 5 heteroatoms. The highest BCUT2D eigenvalue weighted by Gasteiger charge is 2.12. The van der Waals surface area contributed by atoms with Crippen molar-refractivity contribution in [2.24, 2.45) is 0 Å². The van der Waals surface area contributed by atoms with Gasteiger partial charge in [-0.2, -0.15) is 0 Å². The summed E-state index contributed by atoms with van der Waals surface area (Å²) in [5.74, 6) is -1.15. The van der Waals surface area contributed by atoms with Crippen LogP contribution in [0.25, 0.3) is 12.7 Å². The van der Waals surface area contributed by atoms with Crippen molar-refractivity contribution in [2.45, 2.75) is 0 Å². The Hall–Kier alpha value is -2.30. The molecule has 1 N–H and O–H groups in total. The minimum atomic E-state index is -0.752. The second-order valence-corrected chi connectivity index (χ2v) is 2.88. The van der Waals surface area contributed by atoms with Gasteiger partial charge in [-0.3, -0.25) is 4.79 Å². The van der Waals surface area contributed by atoms with Crippen LogP contribution in [0.4, 0.5) is 0 Å². The molecule has 0 radical (unpaired) electrons. The second kappa shape index (κ2) is 3.13. The normalized spacial score (nSPS) is 12.1. The van der Waals surface area contributed by atoms with Crippen molar-refractivity contribution in [3.05, 3.63) is 38.9 Å². The van der Waals surface area contributed by atoms with E-state index in [1.165, 1.54) is 12.1 Å². The highest BCUT2D eigenvalue weighted by Crippen LogP contribution is 2.13. The number of hydrogen-bond donors (Lipinski definition) is 1. The van der Waals surface area contributed by atoms with Crippen molar-refractivity contribution in [3.63, 3.8) is 0 Å². The molecule has 2 heterocycles. The van der Waals surface area contributed by atoms with Crippen molar-refractivity contribution < 1.29 is 18.7 Å². The van der Waals surface area contributed by atoms with Gasteiger partial charge in [0.25, 0.3) is 11.6 Å². The van der Waals surface area contributed by atoms with Crippen LogP contribution in [0.15, 0.2) is 25.8 Å². The Balaban J connectivity index is 3.13. The van der Waals surface area contributed by atoms with Crippen LogP contribution >= 0.6 is 0 Å². The molecule has 1 aromatic heterocycles. The molecule has 0 saturated heterocycles. The summed E-state index contributed by atoms with van der Waals surface area (Å²) in [6.45, 7) is 3.25. The van der Waals surface area contributed by atoms with Gasteiger partial charge in [-0.25, -0.2) is 4.79 Å². The Morgan fingerprint density at radius 1 is 1.20 bits per heavy atom. The third-order valence-electron chi connectivity index (χ3n) is 1.86. The van der Waals surface area contributed by atoms with Crippen LogP contribution in [0.5, 0.6) is 5.95 Å². The molecule has 5 nitrogen and oxygen atoms in total. The lowest BCUT2D eigenvalue weighted by molar-refractivity contribution is 0.105. The van der Waals surface area contributed by atoms with E-state index < -0.39 is 17.4 Å². The topological polar surface area (TPSA) is 80.7 Å². The number of carbonyl (C=O) groups is 1. The van der Waals surface area contributed by atoms with Gasteiger partial charge in [0.05, 0.1) is 5.22 Å². The lowest BCUT2D eigenvalue weighted by atomic mass is 10.1. The van der Waals surface area contributed by atoms with Gasteiger partial charge in [-0.15, -0.1) is 0 Å². The number of hydrogen-bond acceptors (Lipinski definition) is 5. The maximum Gasteiger partial charge on any atom is 0.346 e. The van der Waals surface area contributed by atoms with Gasteiger partial charge < -0.3 is 13.9 Å². The van der Waals surface area contributed by atoms with Crippen LogP contribution in [0.1, 0.15) is 10.4 Å². The Labute approximate surface area is 82.9 Å². The molecule has 0 unspecified atom stereocenters. The molecule has 0 saturated carbocycles. The van der Waals surface area contributed by atoms with Crippen LogP contribution < -0.4 is 16.5 Å². The fourth-order valence-corrected chi connectivity index (χ4v) is 1.17. The molecule has 1 aromatic rings. The summed E-state index contributed by atoms with van der Waals surface area (Å²) in [7, 11) is 0.